The van der Waals surface area contributed by atoms with Gasteiger partial charge in [0.15, 0.2) is 0 Å². The monoisotopic (exact) mass is 382 g/mol. The van der Waals surface area contributed by atoms with Crippen LogP contribution in [0, 0.1) is 20.8 Å². The Kier molecular flexibility index (Phi) is 9.18. The van der Waals surface area contributed by atoms with Gasteiger partial charge in [0.25, 0.3) is 0 Å². The van der Waals surface area contributed by atoms with Crippen LogP contribution >= 0.6 is 0 Å². The van der Waals surface area contributed by atoms with Crippen LogP contribution in [0.4, 0.5) is 0 Å². The zero-order valence-electron chi connectivity index (χ0n) is 18.6. The van der Waals surface area contributed by atoms with E-state index in [4.69, 9.17) is 0 Å². The lowest BCUT2D eigenvalue weighted by Crippen LogP contribution is -1.88. The predicted molar refractivity (Wildman–Crippen MR) is 130 cm³/mol. The highest BCUT2D eigenvalue weighted by atomic mass is 14.1. The van der Waals surface area contributed by atoms with Gasteiger partial charge in [-0.15, -0.1) is 0 Å². The molecule has 4 aromatic carbocycles. The fourth-order valence-corrected chi connectivity index (χ4v) is 3.20. The lowest BCUT2D eigenvalue weighted by atomic mass is 9.96. The number of hydrogen-bond donors (Lipinski definition) is 0. The van der Waals surface area contributed by atoms with E-state index in [-0.39, 0.29) is 0 Å². The van der Waals surface area contributed by atoms with Gasteiger partial charge in [0.2, 0.25) is 0 Å². The Morgan fingerprint density at radius 1 is 0.517 bits per heavy atom. The molecule has 0 N–H and O–H groups in total. The fraction of sp³-hybridized carbons (Fsp3) is 0.241. The summed E-state index contributed by atoms with van der Waals surface area (Å²) < 4.78 is 0. The first kappa shape index (κ1) is 22.4. The van der Waals surface area contributed by atoms with Crippen LogP contribution in [0.25, 0.3) is 10.8 Å². The van der Waals surface area contributed by atoms with Gasteiger partial charge in [-0.3, -0.25) is 0 Å². The standard InChI is InChI=1S/C15H18.2C7H8/c1-4-12-7-9-14-13(5-2)8-6-11(3)15(14)10-12;2*1-7-5-3-2-4-6-7/h6-10H,4-5H2,1-3H3;2*2-6H,1H3. The third-order valence-corrected chi connectivity index (χ3v) is 5.06. The van der Waals surface area contributed by atoms with E-state index < -0.39 is 0 Å². The van der Waals surface area contributed by atoms with Gasteiger partial charge in [0, 0.05) is 0 Å². The molecule has 0 aliphatic heterocycles. The van der Waals surface area contributed by atoms with E-state index in [0.29, 0.717) is 0 Å². The Labute approximate surface area is 177 Å². The van der Waals surface area contributed by atoms with Crippen molar-refractivity contribution < 1.29 is 0 Å². The van der Waals surface area contributed by atoms with Gasteiger partial charge in [-0.25, -0.2) is 0 Å². The van der Waals surface area contributed by atoms with Crippen molar-refractivity contribution in [1.82, 2.24) is 0 Å². The van der Waals surface area contributed by atoms with Crippen LogP contribution in [0.15, 0.2) is 91.0 Å². The van der Waals surface area contributed by atoms with Crippen LogP contribution in [0.3, 0.4) is 0 Å². The van der Waals surface area contributed by atoms with Gasteiger partial charge in [-0.05, 0) is 61.1 Å². The summed E-state index contributed by atoms with van der Waals surface area (Å²) in [4.78, 5) is 0. The SMILES string of the molecule is CCc1ccc2c(CC)ccc(C)c2c1.Cc1ccccc1.Cc1ccccc1. The molecule has 0 heterocycles. The molecule has 0 heteroatoms. The van der Waals surface area contributed by atoms with E-state index in [2.05, 4.69) is 89.2 Å². The lowest BCUT2D eigenvalue weighted by molar-refractivity contribution is 1.14. The first-order chi connectivity index (χ1) is 14.0. The Hall–Kier alpha value is -2.86. The molecule has 0 radical (unpaired) electrons. The summed E-state index contributed by atoms with van der Waals surface area (Å²) in [6.45, 7) is 10.8. The van der Waals surface area contributed by atoms with Crippen LogP contribution in [-0.2, 0) is 12.8 Å². The number of fused-ring (bicyclic) bond motifs is 1. The Morgan fingerprint density at radius 3 is 1.48 bits per heavy atom. The van der Waals surface area contributed by atoms with Crippen molar-refractivity contribution in [2.75, 3.05) is 0 Å². The zero-order chi connectivity index (χ0) is 21.1. The minimum Gasteiger partial charge on any atom is -0.0622 e. The van der Waals surface area contributed by atoms with E-state index >= 15 is 0 Å². The zero-order valence-corrected chi connectivity index (χ0v) is 18.6. The van der Waals surface area contributed by atoms with Crippen LogP contribution in [0.5, 0.6) is 0 Å². The number of hydrogen-bond acceptors (Lipinski definition) is 0. The molecular weight excluding hydrogens is 348 g/mol. The highest BCUT2D eigenvalue weighted by Gasteiger charge is 2.02. The molecule has 0 spiro atoms. The molecule has 4 rings (SSSR count). The van der Waals surface area contributed by atoms with Gasteiger partial charge in [-0.1, -0.05) is 116 Å². The molecular formula is C29H34. The number of benzene rings is 4. The third kappa shape index (κ3) is 7.23. The molecule has 0 nitrogen and oxygen atoms in total. The molecule has 0 aliphatic carbocycles. The quantitative estimate of drug-likeness (QED) is 0.327. The molecule has 0 atom stereocenters. The van der Waals surface area contributed by atoms with Gasteiger partial charge in [0.05, 0.1) is 0 Å². The van der Waals surface area contributed by atoms with E-state index in [1.165, 1.54) is 38.6 Å². The van der Waals surface area contributed by atoms with Crippen molar-refractivity contribution >= 4 is 10.8 Å². The van der Waals surface area contributed by atoms with Crippen molar-refractivity contribution in [2.24, 2.45) is 0 Å². The normalized spacial score (nSPS) is 9.83. The van der Waals surface area contributed by atoms with Crippen LogP contribution < -0.4 is 0 Å². The molecule has 0 aliphatic rings. The summed E-state index contributed by atoms with van der Waals surface area (Å²) in [5.41, 5.74) is 6.92. The van der Waals surface area contributed by atoms with Crippen molar-refractivity contribution in [3.05, 3.63) is 119 Å². The van der Waals surface area contributed by atoms with Crippen molar-refractivity contribution in [1.29, 1.82) is 0 Å². The van der Waals surface area contributed by atoms with Gasteiger partial charge in [0.1, 0.15) is 0 Å². The third-order valence-electron chi connectivity index (χ3n) is 5.06. The second kappa shape index (κ2) is 11.9. The summed E-state index contributed by atoms with van der Waals surface area (Å²) in [7, 11) is 0. The van der Waals surface area contributed by atoms with Crippen LogP contribution in [0.1, 0.15) is 41.7 Å². The summed E-state index contributed by atoms with van der Waals surface area (Å²) in [5, 5.41) is 2.85. The molecule has 0 bridgehead atoms. The number of rotatable bonds is 2. The topological polar surface area (TPSA) is 0 Å². The molecule has 29 heavy (non-hydrogen) atoms. The van der Waals surface area contributed by atoms with Gasteiger partial charge < -0.3 is 0 Å². The van der Waals surface area contributed by atoms with Crippen molar-refractivity contribution in [3.8, 4) is 0 Å². The highest BCUT2D eigenvalue weighted by molar-refractivity contribution is 5.89. The van der Waals surface area contributed by atoms with Crippen LogP contribution in [-0.4, -0.2) is 0 Å². The van der Waals surface area contributed by atoms with Crippen molar-refractivity contribution in [2.45, 2.75) is 47.5 Å². The fourth-order valence-electron chi connectivity index (χ4n) is 3.20. The maximum atomic E-state index is 2.34. The average Bonchev–Trinajstić information content (AvgIpc) is 2.76. The van der Waals surface area contributed by atoms with Crippen LogP contribution in [0.2, 0.25) is 0 Å². The Bertz CT molecular complexity index is 945. The second-order valence-corrected chi connectivity index (χ2v) is 7.44. The number of aryl methyl sites for hydroxylation is 5. The van der Waals surface area contributed by atoms with E-state index in [1.54, 1.807) is 0 Å². The first-order valence-corrected chi connectivity index (χ1v) is 10.6. The minimum absolute atomic E-state index is 1.11. The van der Waals surface area contributed by atoms with E-state index in [0.717, 1.165) is 12.8 Å². The second-order valence-electron chi connectivity index (χ2n) is 7.44. The lowest BCUT2D eigenvalue weighted by Gasteiger charge is -2.08. The van der Waals surface area contributed by atoms with Gasteiger partial charge >= 0.3 is 0 Å². The largest absolute Gasteiger partial charge is 0.0622 e. The molecule has 0 aromatic heterocycles. The molecule has 0 amide bonds. The summed E-state index contributed by atoms with van der Waals surface area (Å²) in [5.74, 6) is 0. The molecule has 0 saturated carbocycles. The van der Waals surface area contributed by atoms with Crippen molar-refractivity contribution in [3.63, 3.8) is 0 Å². The Morgan fingerprint density at radius 2 is 1.07 bits per heavy atom. The summed E-state index contributed by atoms with van der Waals surface area (Å²) >= 11 is 0. The minimum atomic E-state index is 1.11. The average molecular weight is 383 g/mol. The Balaban J connectivity index is 0.000000178. The molecule has 0 fully saturated rings. The smallest absolute Gasteiger partial charge is 0.0149 e. The molecule has 0 saturated heterocycles. The molecule has 150 valence electrons. The maximum absolute atomic E-state index is 2.34. The molecule has 0 unspecified atom stereocenters. The summed E-state index contributed by atoms with van der Waals surface area (Å²) in [6, 6.07) is 31.9. The first-order valence-electron chi connectivity index (χ1n) is 10.6. The predicted octanol–water partition coefficient (Wildman–Crippen LogP) is 8.26. The summed E-state index contributed by atoms with van der Waals surface area (Å²) in [6.07, 6.45) is 2.23. The molecule has 4 aromatic rings. The van der Waals surface area contributed by atoms with E-state index in [9.17, 15) is 0 Å². The maximum Gasteiger partial charge on any atom is -0.0149 e. The van der Waals surface area contributed by atoms with E-state index in [1.807, 2.05) is 36.4 Å². The van der Waals surface area contributed by atoms with Gasteiger partial charge in [-0.2, -0.15) is 0 Å². The highest BCUT2D eigenvalue weighted by Crippen LogP contribution is 2.24.